The number of rotatable bonds is 7. The summed E-state index contributed by atoms with van der Waals surface area (Å²) < 4.78 is 16.5. The molecule has 0 saturated carbocycles. The van der Waals surface area contributed by atoms with Gasteiger partial charge in [-0.3, -0.25) is 0 Å². The van der Waals surface area contributed by atoms with Crippen molar-refractivity contribution in [3.63, 3.8) is 0 Å². The molecule has 3 rings (SSSR count). The van der Waals surface area contributed by atoms with Gasteiger partial charge in [-0.2, -0.15) is 0 Å². The average molecular weight is 349 g/mol. The molecule has 0 saturated heterocycles. The minimum Gasteiger partial charge on any atom is -0.490 e. The number of carbonyl (C=O) groups is 1. The highest BCUT2D eigenvalue weighted by Gasteiger charge is 2.15. The topological polar surface area (TPSA) is 57.7 Å². The molecule has 0 fully saturated rings. The predicted octanol–water partition coefficient (Wildman–Crippen LogP) is 4.42. The fourth-order valence-electron chi connectivity index (χ4n) is 2.23. The third-order valence-electron chi connectivity index (χ3n) is 3.56. The molecular weight excluding hydrogens is 330 g/mol. The van der Waals surface area contributed by atoms with Crippen LogP contribution in [0.15, 0.2) is 72.9 Å². The van der Waals surface area contributed by atoms with Crippen molar-refractivity contribution >= 4 is 5.97 Å². The van der Waals surface area contributed by atoms with Crippen LogP contribution in [0.25, 0.3) is 0 Å². The van der Waals surface area contributed by atoms with Gasteiger partial charge in [0.05, 0.1) is 0 Å². The first-order chi connectivity index (χ1) is 12.7. The molecule has 1 heterocycles. The molecule has 0 amide bonds. The summed E-state index contributed by atoms with van der Waals surface area (Å²) in [7, 11) is 0. The zero-order chi connectivity index (χ0) is 18.2. The van der Waals surface area contributed by atoms with E-state index in [9.17, 15) is 4.79 Å². The Labute approximate surface area is 152 Å². The molecule has 5 nitrogen and oxygen atoms in total. The second kappa shape index (κ2) is 8.67. The second-order valence-corrected chi connectivity index (χ2v) is 5.57. The normalized spacial score (nSPS) is 10.2. The van der Waals surface area contributed by atoms with Crippen molar-refractivity contribution in [3.8, 4) is 17.4 Å². The van der Waals surface area contributed by atoms with Crippen LogP contribution in [0.1, 0.15) is 15.9 Å². The number of aromatic nitrogens is 1. The first-order valence-electron chi connectivity index (χ1n) is 8.27. The number of esters is 1. The van der Waals surface area contributed by atoms with Gasteiger partial charge in [0.1, 0.15) is 30.3 Å². The summed E-state index contributed by atoms with van der Waals surface area (Å²) in [4.78, 5) is 16.4. The molecule has 2 aromatic carbocycles. The van der Waals surface area contributed by atoms with Crippen molar-refractivity contribution in [2.45, 2.75) is 6.92 Å². The zero-order valence-electron chi connectivity index (χ0n) is 14.4. The van der Waals surface area contributed by atoms with Gasteiger partial charge in [0, 0.05) is 6.20 Å². The van der Waals surface area contributed by atoms with Gasteiger partial charge in [-0.1, -0.05) is 35.9 Å². The Balaban J connectivity index is 1.55. The number of benzene rings is 2. The van der Waals surface area contributed by atoms with Crippen molar-refractivity contribution in [2.24, 2.45) is 0 Å². The van der Waals surface area contributed by atoms with Crippen LogP contribution in [0.2, 0.25) is 0 Å². The molecule has 3 aromatic rings. The van der Waals surface area contributed by atoms with Crippen LogP contribution in [0.4, 0.5) is 0 Å². The highest BCUT2D eigenvalue weighted by atomic mass is 16.6. The molecule has 132 valence electrons. The quantitative estimate of drug-likeness (QED) is 0.467. The smallest absolute Gasteiger partial charge is 0.343 e. The lowest BCUT2D eigenvalue weighted by atomic mass is 10.2. The van der Waals surface area contributed by atoms with E-state index in [1.54, 1.807) is 30.5 Å². The molecule has 0 atom stereocenters. The van der Waals surface area contributed by atoms with E-state index in [1.807, 2.05) is 49.4 Å². The molecule has 0 aliphatic heterocycles. The minimum atomic E-state index is -0.503. The first-order valence-corrected chi connectivity index (χ1v) is 8.27. The maximum absolute atomic E-state index is 12.3. The predicted molar refractivity (Wildman–Crippen MR) is 97.7 cm³/mol. The molecule has 1 aromatic heterocycles. The lowest BCUT2D eigenvalue weighted by molar-refractivity contribution is 0.0447. The molecule has 26 heavy (non-hydrogen) atoms. The highest BCUT2D eigenvalue weighted by molar-refractivity contribution is 5.91. The fourth-order valence-corrected chi connectivity index (χ4v) is 2.23. The SMILES string of the molecule is Cc1ccc(OCCOC(=O)c2cccnc2Oc2ccccc2)cc1. The van der Waals surface area contributed by atoms with E-state index in [0.717, 1.165) is 11.3 Å². The maximum atomic E-state index is 12.3. The highest BCUT2D eigenvalue weighted by Crippen LogP contribution is 2.23. The number of carbonyl (C=O) groups excluding carboxylic acids is 1. The van der Waals surface area contributed by atoms with E-state index >= 15 is 0 Å². The van der Waals surface area contributed by atoms with Crippen molar-refractivity contribution in [1.82, 2.24) is 4.98 Å². The Morgan fingerprint density at radius 2 is 1.65 bits per heavy atom. The number of para-hydroxylation sites is 1. The minimum absolute atomic E-state index is 0.131. The average Bonchev–Trinajstić information content (AvgIpc) is 2.68. The largest absolute Gasteiger partial charge is 0.490 e. The summed E-state index contributed by atoms with van der Waals surface area (Å²) in [5, 5.41) is 0. The van der Waals surface area contributed by atoms with Crippen LogP contribution in [0.5, 0.6) is 17.4 Å². The summed E-state index contributed by atoms with van der Waals surface area (Å²) in [6.07, 6.45) is 1.57. The van der Waals surface area contributed by atoms with Crippen molar-refractivity contribution in [2.75, 3.05) is 13.2 Å². The Morgan fingerprint density at radius 1 is 0.885 bits per heavy atom. The van der Waals surface area contributed by atoms with Gasteiger partial charge < -0.3 is 14.2 Å². The third kappa shape index (κ3) is 4.83. The van der Waals surface area contributed by atoms with E-state index in [-0.39, 0.29) is 24.7 Å². The number of aryl methyl sites for hydroxylation is 1. The van der Waals surface area contributed by atoms with Crippen molar-refractivity contribution in [1.29, 1.82) is 0 Å². The lowest BCUT2D eigenvalue weighted by Crippen LogP contribution is -2.13. The van der Waals surface area contributed by atoms with Gasteiger partial charge >= 0.3 is 5.97 Å². The molecule has 0 radical (unpaired) electrons. The van der Waals surface area contributed by atoms with Gasteiger partial charge in [-0.25, -0.2) is 9.78 Å². The van der Waals surface area contributed by atoms with Crippen LogP contribution in [-0.2, 0) is 4.74 Å². The Bertz CT molecular complexity index is 847. The van der Waals surface area contributed by atoms with Crippen LogP contribution in [0.3, 0.4) is 0 Å². The molecular formula is C21H19NO4. The van der Waals surface area contributed by atoms with E-state index in [1.165, 1.54) is 0 Å². The summed E-state index contributed by atoms with van der Waals surface area (Å²) in [6, 6.07) is 20.1. The Morgan fingerprint density at radius 3 is 2.42 bits per heavy atom. The van der Waals surface area contributed by atoms with Crippen LogP contribution in [-0.4, -0.2) is 24.2 Å². The number of hydrogen-bond acceptors (Lipinski definition) is 5. The van der Waals surface area contributed by atoms with Crippen molar-refractivity contribution in [3.05, 3.63) is 84.1 Å². The van der Waals surface area contributed by atoms with E-state index in [2.05, 4.69) is 4.98 Å². The van der Waals surface area contributed by atoms with Gasteiger partial charge in [-0.05, 0) is 43.3 Å². The number of nitrogens with zero attached hydrogens (tertiary/aromatic N) is 1. The van der Waals surface area contributed by atoms with Crippen LogP contribution in [0, 0.1) is 6.92 Å². The first kappa shape index (κ1) is 17.5. The second-order valence-electron chi connectivity index (χ2n) is 5.57. The lowest BCUT2D eigenvalue weighted by Gasteiger charge is -2.10. The molecule has 0 unspecified atom stereocenters. The van der Waals surface area contributed by atoms with Crippen LogP contribution < -0.4 is 9.47 Å². The molecule has 0 bridgehead atoms. The summed E-state index contributed by atoms with van der Waals surface area (Å²) in [5.74, 6) is 1.05. The molecule has 0 N–H and O–H groups in total. The van der Waals surface area contributed by atoms with E-state index < -0.39 is 5.97 Å². The van der Waals surface area contributed by atoms with E-state index in [4.69, 9.17) is 14.2 Å². The van der Waals surface area contributed by atoms with Gasteiger partial charge in [0.15, 0.2) is 0 Å². The van der Waals surface area contributed by atoms with Crippen molar-refractivity contribution < 1.29 is 19.0 Å². The molecule has 0 aliphatic carbocycles. The fraction of sp³-hybridized carbons (Fsp3) is 0.143. The Hall–Kier alpha value is -3.34. The zero-order valence-corrected chi connectivity index (χ0v) is 14.4. The molecule has 0 aliphatic rings. The van der Waals surface area contributed by atoms with Gasteiger partial charge in [0.25, 0.3) is 0 Å². The summed E-state index contributed by atoms with van der Waals surface area (Å²) in [6.45, 7) is 2.41. The number of ether oxygens (including phenoxy) is 3. The summed E-state index contributed by atoms with van der Waals surface area (Å²) in [5.41, 5.74) is 1.43. The molecule has 5 heteroatoms. The molecule has 0 spiro atoms. The standard InChI is InChI=1S/C21H19NO4/c1-16-9-11-17(12-10-16)24-14-15-25-21(23)19-8-5-13-22-20(19)26-18-6-3-2-4-7-18/h2-13H,14-15H2,1H3. The van der Waals surface area contributed by atoms with Crippen LogP contribution >= 0.6 is 0 Å². The van der Waals surface area contributed by atoms with Gasteiger partial charge in [0.2, 0.25) is 5.88 Å². The Kier molecular flexibility index (Phi) is 5.83. The number of hydrogen-bond donors (Lipinski definition) is 0. The van der Waals surface area contributed by atoms with E-state index in [0.29, 0.717) is 5.75 Å². The maximum Gasteiger partial charge on any atom is 0.343 e. The van der Waals surface area contributed by atoms with Gasteiger partial charge in [-0.15, -0.1) is 0 Å². The monoisotopic (exact) mass is 349 g/mol. The summed E-state index contributed by atoms with van der Waals surface area (Å²) >= 11 is 0. The number of pyridine rings is 1. The third-order valence-corrected chi connectivity index (χ3v) is 3.56.